The van der Waals surface area contributed by atoms with Crippen molar-refractivity contribution in [2.75, 3.05) is 19.0 Å². The number of amides is 1. The van der Waals surface area contributed by atoms with Crippen LogP contribution in [0.1, 0.15) is 12.0 Å². The Morgan fingerprint density at radius 1 is 1.61 bits per heavy atom. The zero-order chi connectivity index (χ0) is 13.5. The van der Waals surface area contributed by atoms with E-state index in [4.69, 9.17) is 15.7 Å². The van der Waals surface area contributed by atoms with E-state index in [-0.39, 0.29) is 36.0 Å². The number of benzene rings is 1. The highest BCUT2D eigenvalue weighted by molar-refractivity contribution is 6.05. The van der Waals surface area contributed by atoms with Gasteiger partial charge < -0.3 is 21.0 Å². The second-order valence-corrected chi connectivity index (χ2v) is 3.47. The average Bonchev–Trinajstić information content (AvgIpc) is 2.37. The summed E-state index contributed by atoms with van der Waals surface area (Å²) < 4.78 is 17.8. The van der Waals surface area contributed by atoms with Gasteiger partial charge >= 0.3 is 0 Å². The fourth-order valence-electron chi connectivity index (χ4n) is 1.30. The maximum absolute atomic E-state index is 13.1. The highest BCUT2D eigenvalue weighted by atomic mass is 19.1. The monoisotopic (exact) mass is 255 g/mol. The molecule has 1 aromatic rings. The Hall–Kier alpha value is -2.15. The number of methoxy groups -OCH3 is 1. The molecule has 0 aromatic heterocycles. The van der Waals surface area contributed by atoms with Gasteiger partial charge in [-0.3, -0.25) is 4.79 Å². The molecule has 1 rings (SSSR count). The summed E-state index contributed by atoms with van der Waals surface area (Å²) in [4.78, 5) is 11.5. The zero-order valence-electron chi connectivity index (χ0n) is 9.81. The first kappa shape index (κ1) is 13.9. The molecule has 1 aromatic carbocycles. The third-order valence-corrected chi connectivity index (χ3v) is 2.17. The summed E-state index contributed by atoms with van der Waals surface area (Å²) in [7, 11) is 1.48. The summed E-state index contributed by atoms with van der Waals surface area (Å²) in [6.07, 6.45) is 0.156. The Balaban J connectivity index is 2.91. The quantitative estimate of drug-likeness (QED) is 0.315. The van der Waals surface area contributed by atoms with E-state index < -0.39 is 5.82 Å². The molecule has 0 aliphatic carbocycles. The van der Waals surface area contributed by atoms with E-state index in [1.54, 1.807) is 0 Å². The third-order valence-electron chi connectivity index (χ3n) is 2.17. The largest absolute Gasteiger partial charge is 0.409 e. The number of anilines is 1. The van der Waals surface area contributed by atoms with Crippen molar-refractivity contribution in [2.45, 2.75) is 6.42 Å². The number of nitrogens with two attached hydrogens (primary N) is 1. The lowest BCUT2D eigenvalue weighted by molar-refractivity contribution is -0.117. The molecule has 4 N–H and O–H groups in total. The van der Waals surface area contributed by atoms with Gasteiger partial charge in [-0.2, -0.15) is 0 Å². The maximum Gasteiger partial charge on any atom is 0.226 e. The molecule has 0 fully saturated rings. The van der Waals surface area contributed by atoms with Crippen LogP contribution in [0.25, 0.3) is 0 Å². The number of hydrogen-bond acceptors (Lipinski definition) is 4. The molecule has 7 heteroatoms. The van der Waals surface area contributed by atoms with Gasteiger partial charge in [-0.1, -0.05) is 5.16 Å². The number of nitrogens with one attached hydrogen (secondary N) is 1. The highest BCUT2D eigenvalue weighted by Crippen LogP contribution is 2.17. The van der Waals surface area contributed by atoms with Crippen molar-refractivity contribution in [1.82, 2.24) is 0 Å². The van der Waals surface area contributed by atoms with Crippen molar-refractivity contribution < 1.29 is 19.1 Å². The van der Waals surface area contributed by atoms with Crippen LogP contribution in [-0.4, -0.2) is 30.7 Å². The van der Waals surface area contributed by atoms with Crippen LogP contribution < -0.4 is 11.1 Å². The number of rotatable bonds is 5. The van der Waals surface area contributed by atoms with Crippen LogP contribution in [0.4, 0.5) is 10.1 Å². The first-order valence-corrected chi connectivity index (χ1v) is 5.14. The van der Waals surface area contributed by atoms with Crippen molar-refractivity contribution in [3.8, 4) is 0 Å². The van der Waals surface area contributed by atoms with Crippen molar-refractivity contribution in [3.63, 3.8) is 0 Å². The average molecular weight is 255 g/mol. The van der Waals surface area contributed by atoms with Gasteiger partial charge in [-0.25, -0.2) is 4.39 Å². The number of nitrogens with zero attached hydrogens (tertiary/aromatic N) is 1. The lowest BCUT2D eigenvalue weighted by Gasteiger charge is -2.10. The van der Waals surface area contributed by atoms with Crippen molar-refractivity contribution in [1.29, 1.82) is 0 Å². The molecule has 18 heavy (non-hydrogen) atoms. The van der Waals surface area contributed by atoms with E-state index in [1.165, 1.54) is 19.2 Å². The minimum absolute atomic E-state index is 0.114. The van der Waals surface area contributed by atoms with Gasteiger partial charge in [0.1, 0.15) is 5.82 Å². The summed E-state index contributed by atoms with van der Waals surface area (Å²) in [6.45, 7) is 0.270. The SMILES string of the molecule is COCCC(=O)Nc1ccc(F)cc1/C(N)=N/O. The lowest BCUT2D eigenvalue weighted by atomic mass is 10.1. The number of carbonyl (C=O) groups is 1. The van der Waals surface area contributed by atoms with Gasteiger partial charge in [-0.15, -0.1) is 0 Å². The molecule has 0 aliphatic heterocycles. The van der Waals surface area contributed by atoms with E-state index in [0.717, 1.165) is 6.07 Å². The van der Waals surface area contributed by atoms with Crippen molar-refractivity contribution in [2.24, 2.45) is 10.9 Å². The van der Waals surface area contributed by atoms with Crippen LogP contribution in [-0.2, 0) is 9.53 Å². The van der Waals surface area contributed by atoms with Crippen LogP contribution in [0, 0.1) is 5.82 Å². The molecular weight excluding hydrogens is 241 g/mol. The van der Waals surface area contributed by atoms with E-state index in [1.807, 2.05) is 0 Å². The maximum atomic E-state index is 13.1. The Morgan fingerprint density at radius 3 is 2.94 bits per heavy atom. The molecule has 0 radical (unpaired) electrons. The number of carbonyl (C=O) groups excluding carboxylic acids is 1. The summed E-state index contributed by atoms with van der Waals surface area (Å²) in [5.41, 5.74) is 5.78. The van der Waals surface area contributed by atoms with Crippen LogP contribution in [0.5, 0.6) is 0 Å². The standard InChI is InChI=1S/C11H14FN3O3/c1-18-5-4-10(16)14-9-3-2-7(12)6-8(9)11(13)15-17/h2-3,6,17H,4-5H2,1H3,(H2,13,15)(H,14,16). The molecule has 0 spiro atoms. The number of hydrogen-bond donors (Lipinski definition) is 3. The number of ether oxygens (including phenoxy) is 1. The summed E-state index contributed by atoms with van der Waals surface area (Å²) in [6, 6.07) is 3.58. The van der Waals surface area contributed by atoms with Crippen LogP contribution in [0.3, 0.4) is 0 Å². The smallest absolute Gasteiger partial charge is 0.226 e. The van der Waals surface area contributed by atoms with Crippen molar-refractivity contribution in [3.05, 3.63) is 29.6 Å². The summed E-state index contributed by atoms with van der Waals surface area (Å²) in [5, 5.41) is 13.9. The fourth-order valence-corrected chi connectivity index (χ4v) is 1.30. The second kappa shape index (κ2) is 6.55. The first-order valence-electron chi connectivity index (χ1n) is 5.14. The molecule has 0 saturated heterocycles. The predicted octanol–water partition coefficient (Wildman–Crippen LogP) is 0.895. The van der Waals surface area contributed by atoms with Crippen LogP contribution >= 0.6 is 0 Å². The van der Waals surface area contributed by atoms with Gasteiger partial charge in [0.25, 0.3) is 0 Å². The van der Waals surface area contributed by atoms with Gasteiger partial charge in [0.15, 0.2) is 5.84 Å². The normalized spacial score (nSPS) is 11.3. The van der Waals surface area contributed by atoms with E-state index in [0.29, 0.717) is 0 Å². The Kier molecular flexibility index (Phi) is 5.06. The molecule has 6 nitrogen and oxygen atoms in total. The van der Waals surface area contributed by atoms with E-state index in [9.17, 15) is 9.18 Å². The molecule has 1 amide bonds. The zero-order valence-corrected chi connectivity index (χ0v) is 9.81. The fraction of sp³-hybridized carbons (Fsp3) is 0.273. The van der Waals surface area contributed by atoms with E-state index in [2.05, 4.69) is 10.5 Å². The van der Waals surface area contributed by atoms with Gasteiger partial charge in [0.05, 0.1) is 18.7 Å². The molecular formula is C11H14FN3O3. The Morgan fingerprint density at radius 2 is 2.33 bits per heavy atom. The number of amidine groups is 1. The number of halogens is 1. The third kappa shape index (κ3) is 3.70. The molecule has 0 unspecified atom stereocenters. The molecule has 0 atom stereocenters. The Bertz CT molecular complexity index is 463. The lowest BCUT2D eigenvalue weighted by Crippen LogP contribution is -2.20. The van der Waals surface area contributed by atoms with Gasteiger partial charge in [0.2, 0.25) is 5.91 Å². The molecule has 0 aliphatic rings. The predicted molar refractivity (Wildman–Crippen MR) is 64.0 cm³/mol. The summed E-state index contributed by atoms with van der Waals surface area (Å²) in [5.74, 6) is -1.14. The first-order chi connectivity index (χ1) is 8.58. The minimum atomic E-state index is -0.550. The Labute approximate surface area is 103 Å². The second-order valence-electron chi connectivity index (χ2n) is 3.47. The number of oxime groups is 1. The highest BCUT2D eigenvalue weighted by Gasteiger charge is 2.11. The topological polar surface area (TPSA) is 96.9 Å². The van der Waals surface area contributed by atoms with Crippen LogP contribution in [0.15, 0.2) is 23.4 Å². The van der Waals surface area contributed by atoms with Crippen LogP contribution in [0.2, 0.25) is 0 Å². The van der Waals surface area contributed by atoms with E-state index >= 15 is 0 Å². The minimum Gasteiger partial charge on any atom is -0.409 e. The van der Waals surface area contributed by atoms with Gasteiger partial charge in [-0.05, 0) is 18.2 Å². The van der Waals surface area contributed by atoms with Crippen molar-refractivity contribution >= 4 is 17.4 Å². The van der Waals surface area contributed by atoms with Gasteiger partial charge in [0, 0.05) is 12.7 Å². The molecule has 0 bridgehead atoms. The molecule has 0 heterocycles. The molecule has 98 valence electrons. The molecule has 0 saturated carbocycles. The summed E-state index contributed by atoms with van der Waals surface area (Å²) >= 11 is 0.